The first kappa shape index (κ1) is 21.2. The summed E-state index contributed by atoms with van der Waals surface area (Å²) < 4.78 is 1.37. The second-order valence-corrected chi connectivity index (χ2v) is 7.74. The molecule has 0 N–H and O–H groups in total. The Morgan fingerprint density at radius 2 is 1.71 bits per heavy atom. The van der Waals surface area contributed by atoms with Crippen LogP contribution in [0.15, 0.2) is 63.4 Å². The molecule has 2 aromatic heterocycles. The summed E-state index contributed by atoms with van der Waals surface area (Å²) in [5.74, 6) is 0.329. The Balaban J connectivity index is 2.02. The highest BCUT2D eigenvalue weighted by Gasteiger charge is 2.44. The van der Waals surface area contributed by atoms with Crippen LogP contribution >= 0.6 is 11.6 Å². The number of fused-ring (bicyclic) bond motifs is 1. The Labute approximate surface area is 183 Å². The summed E-state index contributed by atoms with van der Waals surface area (Å²) in [4.78, 5) is 34.9. The number of pyridine rings is 1. The molecule has 1 aliphatic rings. The summed E-state index contributed by atoms with van der Waals surface area (Å²) in [5.41, 5.74) is 0.00137. The molecule has 31 heavy (non-hydrogen) atoms. The molecule has 160 valence electrons. The predicted molar refractivity (Wildman–Crippen MR) is 122 cm³/mol. The van der Waals surface area contributed by atoms with Gasteiger partial charge in [0.25, 0.3) is 5.69 Å². The molecule has 1 aliphatic heterocycles. The maximum atomic E-state index is 14.5. The highest BCUT2D eigenvalue weighted by molar-refractivity contribution is 6.30. The van der Waals surface area contributed by atoms with Crippen LogP contribution in [0.5, 0.6) is 0 Å². The van der Waals surface area contributed by atoms with Crippen molar-refractivity contribution in [2.24, 2.45) is 4.99 Å². The Bertz CT molecular complexity index is 1270. The maximum absolute atomic E-state index is 14.5. The largest absolute Gasteiger partial charge is 0.615 e. The first-order valence-corrected chi connectivity index (χ1v) is 10.5. The number of halogens is 1. The van der Waals surface area contributed by atoms with Gasteiger partial charge >= 0.3 is 11.2 Å². The van der Waals surface area contributed by atoms with Crippen molar-refractivity contribution in [2.45, 2.75) is 39.8 Å². The van der Waals surface area contributed by atoms with E-state index in [1.165, 1.54) is 4.57 Å². The number of nitrogens with zero attached hydrogens (tertiary/aromatic N) is 5. The molecular weight excluding hydrogens is 418 g/mol. The Morgan fingerprint density at radius 3 is 2.32 bits per heavy atom. The zero-order valence-corrected chi connectivity index (χ0v) is 18.0. The van der Waals surface area contributed by atoms with E-state index in [-0.39, 0.29) is 36.9 Å². The summed E-state index contributed by atoms with van der Waals surface area (Å²) in [6.07, 6.45) is 4.06. The highest BCUT2D eigenvalue weighted by atomic mass is 35.5. The third kappa shape index (κ3) is 3.42. The molecule has 1 aromatic carbocycles. The lowest BCUT2D eigenvalue weighted by Gasteiger charge is -2.37. The monoisotopic (exact) mass is 439 g/mol. The number of rotatable bonds is 6. The summed E-state index contributed by atoms with van der Waals surface area (Å²) in [7, 11) is 0. The van der Waals surface area contributed by atoms with Crippen LogP contribution in [0.1, 0.15) is 25.8 Å². The number of aliphatic imine (C=N–C) groups is 1. The molecule has 0 fully saturated rings. The minimum absolute atomic E-state index is 0.0683. The fourth-order valence-electron chi connectivity index (χ4n) is 3.85. The minimum Gasteiger partial charge on any atom is -0.615 e. The molecule has 9 heteroatoms. The van der Waals surface area contributed by atoms with Crippen LogP contribution in [0.4, 0.5) is 17.2 Å². The van der Waals surface area contributed by atoms with Crippen LogP contribution in [-0.2, 0) is 19.5 Å². The number of quaternary nitrogens is 1. The quantitative estimate of drug-likeness (QED) is 0.430. The second-order valence-electron chi connectivity index (χ2n) is 7.30. The van der Waals surface area contributed by atoms with Gasteiger partial charge in [0, 0.05) is 42.6 Å². The molecule has 0 radical (unpaired) electrons. The van der Waals surface area contributed by atoms with Crippen molar-refractivity contribution in [1.82, 2.24) is 18.8 Å². The molecular formula is C22H22ClN5O3. The molecule has 0 bridgehead atoms. The lowest BCUT2D eigenvalue weighted by molar-refractivity contribution is 0.553. The molecule has 3 aromatic rings. The van der Waals surface area contributed by atoms with Crippen LogP contribution in [0.3, 0.4) is 0 Å². The smallest absolute Gasteiger partial charge is 0.332 e. The predicted octanol–water partition coefficient (Wildman–Crippen LogP) is 3.91. The molecule has 1 atom stereocenters. The molecule has 0 aliphatic carbocycles. The molecule has 4 rings (SSSR count). The van der Waals surface area contributed by atoms with Crippen molar-refractivity contribution in [3.63, 3.8) is 0 Å². The van der Waals surface area contributed by atoms with Crippen molar-refractivity contribution in [3.8, 4) is 0 Å². The van der Waals surface area contributed by atoms with Crippen molar-refractivity contribution < 1.29 is 0 Å². The molecule has 0 spiro atoms. The zero-order chi connectivity index (χ0) is 22.2. The van der Waals surface area contributed by atoms with E-state index < -0.39 is 15.9 Å². The normalized spacial score (nSPS) is 17.5. The molecule has 1 unspecified atom stereocenters. The van der Waals surface area contributed by atoms with Crippen molar-refractivity contribution in [2.75, 3.05) is 0 Å². The van der Waals surface area contributed by atoms with Gasteiger partial charge in [0.05, 0.1) is 6.42 Å². The van der Waals surface area contributed by atoms with Crippen LogP contribution in [-0.4, -0.2) is 20.0 Å². The Morgan fingerprint density at radius 1 is 1.03 bits per heavy atom. The van der Waals surface area contributed by atoms with Gasteiger partial charge in [-0.25, -0.2) is 9.44 Å². The third-order valence-electron chi connectivity index (χ3n) is 5.36. The number of hydrogen-bond acceptors (Lipinski definition) is 5. The zero-order valence-electron chi connectivity index (χ0n) is 17.3. The Kier molecular flexibility index (Phi) is 5.62. The minimum atomic E-state index is -1.16. The van der Waals surface area contributed by atoms with Gasteiger partial charge in [0.1, 0.15) is 5.69 Å². The Hall–Kier alpha value is -3.07. The van der Waals surface area contributed by atoms with Gasteiger partial charge in [0.15, 0.2) is 0 Å². The molecule has 3 heterocycles. The number of benzene rings is 1. The van der Waals surface area contributed by atoms with E-state index in [2.05, 4.69) is 9.98 Å². The lowest BCUT2D eigenvalue weighted by Crippen LogP contribution is -2.49. The van der Waals surface area contributed by atoms with Crippen LogP contribution in [0.25, 0.3) is 0 Å². The van der Waals surface area contributed by atoms with Gasteiger partial charge in [0.2, 0.25) is 11.7 Å². The topological polar surface area (TPSA) is 92.3 Å². The number of amidine groups is 1. The summed E-state index contributed by atoms with van der Waals surface area (Å²) in [6, 6.07) is 9.99. The van der Waals surface area contributed by atoms with E-state index in [4.69, 9.17) is 11.6 Å². The fraction of sp³-hybridized carbons (Fsp3) is 0.273. The molecule has 0 amide bonds. The van der Waals surface area contributed by atoms with Gasteiger partial charge < -0.3 is 5.21 Å². The molecule has 0 saturated carbocycles. The van der Waals surface area contributed by atoms with Gasteiger partial charge in [-0.15, -0.1) is 0 Å². The van der Waals surface area contributed by atoms with Crippen LogP contribution in [0, 0.1) is 5.21 Å². The van der Waals surface area contributed by atoms with Crippen LogP contribution in [0.2, 0.25) is 5.02 Å². The lowest BCUT2D eigenvalue weighted by atomic mass is 10.1. The summed E-state index contributed by atoms with van der Waals surface area (Å²) in [6.45, 7) is 4.18. The van der Waals surface area contributed by atoms with Crippen LogP contribution < -0.4 is 15.9 Å². The van der Waals surface area contributed by atoms with E-state index in [1.54, 1.807) is 55.7 Å². The van der Waals surface area contributed by atoms with Gasteiger partial charge in [-0.1, -0.05) is 18.5 Å². The van der Waals surface area contributed by atoms with Gasteiger partial charge in [-0.2, -0.15) is 4.99 Å². The fourth-order valence-corrected chi connectivity index (χ4v) is 3.98. The van der Waals surface area contributed by atoms with E-state index in [0.29, 0.717) is 17.1 Å². The van der Waals surface area contributed by atoms with Gasteiger partial charge in [-0.3, -0.25) is 18.9 Å². The number of hydroxylamine groups is 1. The van der Waals surface area contributed by atoms with E-state index in [9.17, 15) is 14.8 Å². The first-order valence-electron chi connectivity index (χ1n) is 10.1. The van der Waals surface area contributed by atoms with E-state index in [0.717, 1.165) is 10.1 Å². The number of hydrogen-bond donors (Lipinski definition) is 0. The first-order chi connectivity index (χ1) is 14.9. The van der Waals surface area contributed by atoms with E-state index in [1.807, 2.05) is 6.92 Å². The van der Waals surface area contributed by atoms with Gasteiger partial charge in [-0.05, 0) is 43.2 Å². The van der Waals surface area contributed by atoms with Crippen molar-refractivity contribution >= 4 is 34.6 Å². The average Bonchev–Trinajstić information content (AvgIpc) is 3.05. The standard InChI is InChI=1S/C22H22ClN5O3/c1-3-13-27-21(29)19-20(26(4-2)22(27)30)25-18(14-15-9-11-24-12-10-15)28(19,31)17-7-5-16(23)6-8-17/h5-12H,3-4,13-14H2,1-2H3. The third-order valence-corrected chi connectivity index (χ3v) is 5.61. The SMILES string of the molecule is CCCn1c(=O)c2c(n(CC)c1=O)N=C(Cc1ccncc1)[N+]2([O-])c1ccc(Cl)cc1. The van der Waals surface area contributed by atoms with Crippen molar-refractivity contribution in [3.05, 3.63) is 85.4 Å². The van der Waals surface area contributed by atoms with Crippen molar-refractivity contribution in [1.29, 1.82) is 0 Å². The average molecular weight is 440 g/mol. The summed E-state index contributed by atoms with van der Waals surface area (Å²) in [5, 5.41) is 15.0. The number of aromatic nitrogens is 3. The maximum Gasteiger partial charge on any atom is 0.332 e. The highest BCUT2D eigenvalue weighted by Crippen LogP contribution is 2.44. The molecule has 8 nitrogen and oxygen atoms in total. The van der Waals surface area contributed by atoms with E-state index >= 15 is 0 Å². The summed E-state index contributed by atoms with van der Waals surface area (Å²) >= 11 is 6.04. The second kappa shape index (κ2) is 8.22. The molecule has 0 saturated heterocycles.